The van der Waals surface area contributed by atoms with Gasteiger partial charge in [-0.2, -0.15) is 0 Å². The molecule has 10 heteroatoms. The lowest BCUT2D eigenvalue weighted by atomic mass is 10.2. The molecule has 0 aromatic heterocycles. The molecular weight excluding hydrogens is 358 g/mol. The normalized spacial score (nSPS) is 23.4. The average molecular weight is 390 g/mol. The number of carbonyl (C=O) groups is 2. The van der Waals surface area contributed by atoms with Crippen molar-refractivity contribution in [1.29, 1.82) is 0 Å². The molecule has 2 aliphatic rings. The largest absolute Gasteiger partial charge is 0.332 e. The lowest BCUT2D eigenvalue weighted by Gasteiger charge is -2.36. The number of rotatable bonds is 6. The van der Waals surface area contributed by atoms with Crippen LogP contribution in [0.15, 0.2) is 0 Å². The molecule has 2 N–H and O–H groups in total. The van der Waals surface area contributed by atoms with Crippen LogP contribution < -0.4 is 5.73 Å². The van der Waals surface area contributed by atoms with Gasteiger partial charge in [-0.1, -0.05) is 0 Å². The monoisotopic (exact) mass is 389 g/mol. The highest BCUT2D eigenvalue weighted by Crippen LogP contribution is 2.18. The molecule has 2 rings (SSSR count). The van der Waals surface area contributed by atoms with Crippen molar-refractivity contribution in [2.75, 3.05) is 78.0 Å². The molecule has 26 heavy (non-hydrogen) atoms. The number of carbonyl (C=O) groups excluding carboxylic acids is 2. The molecule has 0 aromatic carbocycles. The van der Waals surface area contributed by atoms with Gasteiger partial charge in [-0.25, -0.2) is 8.42 Å². The standard InChI is InChI=1S/C16H31N5O4S/c1-18(2)6-11-21(14-3-12-26(24,25)13-14)16(23)15(22)20-9-7-19(5-4-17)8-10-20/h14H,3-13,17H2,1-2H3. The second kappa shape index (κ2) is 9.12. The number of amides is 2. The summed E-state index contributed by atoms with van der Waals surface area (Å²) in [6.45, 7) is 4.68. The number of sulfone groups is 1. The van der Waals surface area contributed by atoms with E-state index in [9.17, 15) is 18.0 Å². The quantitative estimate of drug-likeness (QED) is 0.508. The fourth-order valence-electron chi connectivity index (χ4n) is 3.39. The lowest BCUT2D eigenvalue weighted by Crippen LogP contribution is -2.56. The van der Waals surface area contributed by atoms with Crippen molar-refractivity contribution < 1.29 is 18.0 Å². The number of nitrogens with zero attached hydrogens (tertiary/aromatic N) is 4. The minimum atomic E-state index is -3.13. The van der Waals surface area contributed by atoms with E-state index in [2.05, 4.69) is 4.90 Å². The molecule has 9 nitrogen and oxygen atoms in total. The Morgan fingerprint density at radius 1 is 1.12 bits per heavy atom. The van der Waals surface area contributed by atoms with Gasteiger partial charge in [0.1, 0.15) is 0 Å². The van der Waals surface area contributed by atoms with Gasteiger partial charge in [0.25, 0.3) is 0 Å². The van der Waals surface area contributed by atoms with Crippen molar-refractivity contribution in [3.8, 4) is 0 Å². The smallest absolute Gasteiger partial charge is 0.312 e. The predicted molar refractivity (Wildman–Crippen MR) is 99.4 cm³/mol. The number of likely N-dealkylation sites (N-methyl/N-ethyl adjacent to an activating group) is 1. The molecule has 0 aromatic rings. The van der Waals surface area contributed by atoms with Crippen molar-refractivity contribution in [3.05, 3.63) is 0 Å². The summed E-state index contributed by atoms with van der Waals surface area (Å²) in [6, 6.07) is -0.407. The topological polar surface area (TPSA) is 107 Å². The minimum Gasteiger partial charge on any atom is -0.332 e. The number of nitrogens with two attached hydrogens (primary N) is 1. The summed E-state index contributed by atoms with van der Waals surface area (Å²) in [4.78, 5) is 32.7. The Balaban J connectivity index is 2.02. The first kappa shape index (κ1) is 21.1. The first-order valence-electron chi connectivity index (χ1n) is 9.11. The summed E-state index contributed by atoms with van der Waals surface area (Å²) >= 11 is 0. The Hall–Kier alpha value is -1.23. The third kappa shape index (κ3) is 5.63. The first-order chi connectivity index (χ1) is 12.2. The van der Waals surface area contributed by atoms with E-state index in [1.54, 1.807) is 4.90 Å². The minimum absolute atomic E-state index is 0.0519. The maximum atomic E-state index is 12.8. The van der Waals surface area contributed by atoms with Crippen LogP contribution in [0.2, 0.25) is 0 Å². The van der Waals surface area contributed by atoms with Crippen LogP contribution in [0.4, 0.5) is 0 Å². The molecule has 0 bridgehead atoms. The SMILES string of the molecule is CN(C)CCN(C(=O)C(=O)N1CCN(CCN)CC1)C1CCS(=O)(=O)C1. The summed E-state index contributed by atoms with van der Waals surface area (Å²) < 4.78 is 23.6. The van der Waals surface area contributed by atoms with Crippen LogP contribution >= 0.6 is 0 Å². The summed E-state index contributed by atoms with van der Waals surface area (Å²) in [5, 5.41) is 0. The Labute approximate surface area is 156 Å². The highest BCUT2D eigenvalue weighted by atomic mass is 32.2. The zero-order valence-corrected chi connectivity index (χ0v) is 16.6. The van der Waals surface area contributed by atoms with Crippen LogP contribution in [0, 0.1) is 0 Å². The summed E-state index contributed by atoms with van der Waals surface area (Å²) in [5.41, 5.74) is 5.56. The van der Waals surface area contributed by atoms with Gasteiger partial charge in [0.15, 0.2) is 9.84 Å². The third-order valence-corrected chi connectivity index (χ3v) is 6.74. The molecule has 2 heterocycles. The molecule has 150 valence electrons. The van der Waals surface area contributed by atoms with E-state index in [0.717, 1.165) is 6.54 Å². The maximum absolute atomic E-state index is 12.8. The van der Waals surface area contributed by atoms with E-state index < -0.39 is 27.7 Å². The summed E-state index contributed by atoms with van der Waals surface area (Å²) in [6.07, 6.45) is 0.402. The van der Waals surface area contributed by atoms with Gasteiger partial charge in [-0.3, -0.25) is 14.5 Å². The highest BCUT2D eigenvalue weighted by Gasteiger charge is 2.38. The van der Waals surface area contributed by atoms with Gasteiger partial charge in [0.05, 0.1) is 11.5 Å². The zero-order valence-electron chi connectivity index (χ0n) is 15.8. The van der Waals surface area contributed by atoms with E-state index in [1.807, 2.05) is 19.0 Å². The van der Waals surface area contributed by atoms with Crippen molar-refractivity contribution in [3.63, 3.8) is 0 Å². The second-order valence-electron chi connectivity index (χ2n) is 7.28. The molecule has 0 saturated carbocycles. The molecule has 1 atom stereocenters. The van der Waals surface area contributed by atoms with Crippen molar-refractivity contribution in [1.82, 2.24) is 19.6 Å². The molecule has 2 saturated heterocycles. The number of hydrogen-bond donors (Lipinski definition) is 1. The fraction of sp³-hybridized carbons (Fsp3) is 0.875. The summed E-state index contributed by atoms with van der Waals surface area (Å²) in [7, 11) is 0.635. The third-order valence-electron chi connectivity index (χ3n) is 4.99. The number of piperazine rings is 1. The van der Waals surface area contributed by atoms with Gasteiger partial charge in [0.2, 0.25) is 0 Å². The Bertz CT molecular complexity index is 602. The first-order valence-corrected chi connectivity index (χ1v) is 10.9. The van der Waals surface area contributed by atoms with Gasteiger partial charge in [-0.15, -0.1) is 0 Å². The van der Waals surface area contributed by atoms with Crippen LogP contribution in [0.1, 0.15) is 6.42 Å². The molecular formula is C16H31N5O4S. The van der Waals surface area contributed by atoms with E-state index in [0.29, 0.717) is 52.2 Å². The maximum Gasteiger partial charge on any atom is 0.312 e. The molecule has 0 radical (unpaired) electrons. The van der Waals surface area contributed by atoms with E-state index in [-0.39, 0.29) is 11.5 Å². The Morgan fingerprint density at radius 3 is 2.27 bits per heavy atom. The van der Waals surface area contributed by atoms with Crippen LogP contribution in [-0.2, 0) is 19.4 Å². The van der Waals surface area contributed by atoms with Gasteiger partial charge < -0.3 is 20.4 Å². The van der Waals surface area contributed by atoms with Crippen LogP contribution in [0.5, 0.6) is 0 Å². The van der Waals surface area contributed by atoms with Crippen LogP contribution in [0.25, 0.3) is 0 Å². The average Bonchev–Trinajstić information content (AvgIpc) is 2.94. The molecule has 0 aliphatic carbocycles. The molecule has 1 unspecified atom stereocenters. The molecule has 0 spiro atoms. The zero-order chi connectivity index (χ0) is 19.3. The second-order valence-corrected chi connectivity index (χ2v) is 9.51. The molecule has 2 aliphatic heterocycles. The predicted octanol–water partition coefficient (Wildman–Crippen LogP) is -2.33. The van der Waals surface area contributed by atoms with E-state index >= 15 is 0 Å². The Morgan fingerprint density at radius 2 is 1.77 bits per heavy atom. The van der Waals surface area contributed by atoms with Gasteiger partial charge in [0, 0.05) is 58.4 Å². The molecule has 2 fully saturated rings. The van der Waals surface area contributed by atoms with Crippen molar-refractivity contribution >= 4 is 21.7 Å². The van der Waals surface area contributed by atoms with Gasteiger partial charge >= 0.3 is 11.8 Å². The highest BCUT2D eigenvalue weighted by molar-refractivity contribution is 7.91. The van der Waals surface area contributed by atoms with Crippen LogP contribution in [0.3, 0.4) is 0 Å². The molecule has 2 amide bonds. The van der Waals surface area contributed by atoms with E-state index in [1.165, 1.54) is 4.90 Å². The van der Waals surface area contributed by atoms with Gasteiger partial charge in [-0.05, 0) is 20.5 Å². The van der Waals surface area contributed by atoms with E-state index in [4.69, 9.17) is 5.73 Å². The van der Waals surface area contributed by atoms with Crippen molar-refractivity contribution in [2.24, 2.45) is 5.73 Å². The lowest BCUT2D eigenvalue weighted by molar-refractivity contribution is -0.154. The Kier molecular flexibility index (Phi) is 7.39. The fourth-order valence-corrected chi connectivity index (χ4v) is 5.12. The van der Waals surface area contributed by atoms with Crippen molar-refractivity contribution in [2.45, 2.75) is 12.5 Å². The number of hydrogen-bond acceptors (Lipinski definition) is 7. The summed E-state index contributed by atoms with van der Waals surface area (Å²) in [5.74, 6) is -1.08. The van der Waals surface area contributed by atoms with Crippen LogP contribution in [-0.4, -0.2) is 124 Å².